The minimum Gasteiger partial charge on any atom is -0.508 e. The summed E-state index contributed by atoms with van der Waals surface area (Å²) in [6.07, 6.45) is 0. The number of phenols is 3. The number of amidine groups is 1. The molecule has 0 spiro atoms. The first-order chi connectivity index (χ1) is 15.3. The van der Waals surface area contributed by atoms with E-state index in [4.69, 9.17) is 19.6 Å². The number of methoxy groups -OCH3 is 2. The quantitative estimate of drug-likeness (QED) is 0.212. The van der Waals surface area contributed by atoms with E-state index in [1.807, 2.05) is 0 Å². The van der Waals surface area contributed by atoms with Gasteiger partial charge in [-0.3, -0.25) is 10.6 Å². The Kier molecular flexibility index (Phi) is 6.60. The van der Waals surface area contributed by atoms with Crippen LogP contribution in [0.3, 0.4) is 0 Å². The second-order valence-electron chi connectivity index (χ2n) is 6.87. The zero-order valence-electron chi connectivity index (χ0n) is 17.8. The number of aromatic hydroxyl groups is 3. The smallest absolute Gasteiger partial charge is 0.170 e. The molecule has 9 heteroatoms. The molecule has 0 bridgehead atoms. The fraction of sp³-hybridized carbons (Fsp3) is 0.174. The molecular formula is C23H24N2O7. The topological polar surface area (TPSA) is 136 Å². The number of nitrogens with zero attached hydrogens (tertiary/aromatic N) is 1. The van der Waals surface area contributed by atoms with E-state index < -0.39 is 0 Å². The molecule has 0 radical (unpaired) electrons. The maximum absolute atomic E-state index is 11.0. The van der Waals surface area contributed by atoms with Gasteiger partial charge in [0.05, 0.1) is 19.8 Å². The number of hydroxylamine groups is 2. The second-order valence-corrected chi connectivity index (χ2v) is 6.87. The molecule has 0 unspecified atom stereocenters. The van der Waals surface area contributed by atoms with Crippen molar-refractivity contribution in [3.63, 3.8) is 0 Å². The van der Waals surface area contributed by atoms with Crippen molar-refractivity contribution in [3.8, 4) is 56.8 Å². The van der Waals surface area contributed by atoms with E-state index >= 15 is 0 Å². The third-order valence-electron chi connectivity index (χ3n) is 4.82. The number of ether oxygens (including phenoxy) is 3. The van der Waals surface area contributed by atoms with Crippen LogP contribution in [0.25, 0.3) is 22.3 Å². The third kappa shape index (κ3) is 4.47. The van der Waals surface area contributed by atoms with Crippen molar-refractivity contribution < 1.29 is 34.7 Å². The first-order valence-corrected chi connectivity index (χ1v) is 9.50. The fourth-order valence-corrected chi connectivity index (χ4v) is 3.16. The summed E-state index contributed by atoms with van der Waals surface area (Å²) in [6, 6.07) is 12.6. The summed E-state index contributed by atoms with van der Waals surface area (Å²) < 4.78 is 16.3. The molecule has 32 heavy (non-hydrogen) atoms. The van der Waals surface area contributed by atoms with Crippen LogP contribution in [-0.2, 0) is 0 Å². The molecule has 0 aromatic heterocycles. The number of hydrogen-bond donors (Lipinski definition) is 5. The molecule has 0 aliphatic heterocycles. The Morgan fingerprint density at radius 3 is 2.12 bits per heavy atom. The fourth-order valence-electron chi connectivity index (χ4n) is 3.16. The second kappa shape index (κ2) is 9.36. The largest absolute Gasteiger partial charge is 0.508 e. The SMILES string of the molecule is COc1cc(-c2ccc(O)cc2)c(OC)c(O)c1-c1ccc(OCC(=N)N(C)O)c(O)c1. The highest BCUT2D eigenvalue weighted by Crippen LogP contribution is 2.50. The molecule has 168 valence electrons. The van der Waals surface area contributed by atoms with Crippen molar-refractivity contribution >= 4 is 5.84 Å². The van der Waals surface area contributed by atoms with Crippen molar-refractivity contribution in [2.75, 3.05) is 27.9 Å². The molecule has 0 fully saturated rings. The monoisotopic (exact) mass is 440 g/mol. The number of hydrogen-bond acceptors (Lipinski definition) is 8. The molecule has 0 aliphatic carbocycles. The lowest BCUT2D eigenvalue weighted by atomic mass is 9.96. The summed E-state index contributed by atoms with van der Waals surface area (Å²) >= 11 is 0. The van der Waals surface area contributed by atoms with Gasteiger partial charge >= 0.3 is 0 Å². The van der Waals surface area contributed by atoms with Crippen LogP contribution in [-0.4, -0.2) is 59.3 Å². The molecule has 3 aromatic carbocycles. The summed E-state index contributed by atoms with van der Waals surface area (Å²) in [5.41, 5.74) is 2.00. The number of phenolic OH excluding ortho intramolecular Hbond substituents is 3. The first-order valence-electron chi connectivity index (χ1n) is 9.50. The van der Waals surface area contributed by atoms with Gasteiger partial charge < -0.3 is 29.5 Å². The number of rotatable bonds is 7. The summed E-state index contributed by atoms with van der Waals surface area (Å²) in [6.45, 7) is -0.246. The van der Waals surface area contributed by atoms with Crippen molar-refractivity contribution in [3.05, 3.63) is 48.5 Å². The van der Waals surface area contributed by atoms with Crippen LogP contribution in [0.2, 0.25) is 0 Å². The van der Waals surface area contributed by atoms with Crippen LogP contribution in [0, 0.1) is 5.41 Å². The maximum atomic E-state index is 11.0. The summed E-state index contributed by atoms with van der Waals surface area (Å²) in [5.74, 6) is 0.146. The van der Waals surface area contributed by atoms with Crippen molar-refractivity contribution in [1.82, 2.24) is 5.06 Å². The average molecular weight is 440 g/mol. The predicted molar refractivity (Wildman–Crippen MR) is 118 cm³/mol. The molecule has 0 saturated carbocycles. The molecule has 9 nitrogen and oxygen atoms in total. The van der Waals surface area contributed by atoms with Crippen LogP contribution in [0.1, 0.15) is 0 Å². The Hall–Kier alpha value is -4.11. The van der Waals surface area contributed by atoms with Gasteiger partial charge in [-0.15, -0.1) is 0 Å². The summed E-state index contributed by atoms with van der Waals surface area (Å²) in [7, 11) is 4.18. The van der Waals surface area contributed by atoms with Crippen molar-refractivity contribution in [2.45, 2.75) is 0 Å². The average Bonchev–Trinajstić information content (AvgIpc) is 2.77. The number of likely N-dealkylation sites (N-methyl/N-ethyl adjacent to an activating group) is 1. The molecule has 0 saturated heterocycles. The highest BCUT2D eigenvalue weighted by atomic mass is 16.5. The van der Waals surface area contributed by atoms with E-state index in [2.05, 4.69) is 0 Å². The van der Waals surface area contributed by atoms with E-state index in [0.29, 0.717) is 33.1 Å². The predicted octanol–water partition coefficient (Wildman–Crippen LogP) is 3.83. The standard InChI is InChI=1S/C23H24N2O7/c1-25(29)20(24)12-32-18-9-6-14(10-17(18)27)21-19(30-2)11-16(23(31-3)22(21)28)13-4-7-15(26)8-5-13/h4-11,24,26-29H,12H2,1-3H3. The van der Waals surface area contributed by atoms with Crippen LogP contribution in [0.15, 0.2) is 48.5 Å². The lowest BCUT2D eigenvalue weighted by molar-refractivity contribution is 0.00726. The highest BCUT2D eigenvalue weighted by molar-refractivity contribution is 5.88. The summed E-state index contributed by atoms with van der Waals surface area (Å²) in [5, 5.41) is 48.4. The van der Waals surface area contributed by atoms with E-state index in [9.17, 15) is 20.5 Å². The first kappa shape index (κ1) is 22.6. The minimum absolute atomic E-state index is 0.103. The molecule has 0 amide bonds. The van der Waals surface area contributed by atoms with E-state index in [1.54, 1.807) is 24.3 Å². The number of benzene rings is 3. The Labute approximate surface area is 184 Å². The zero-order chi connectivity index (χ0) is 23.4. The lowest BCUT2D eigenvalue weighted by Crippen LogP contribution is -2.27. The normalized spacial score (nSPS) is 10.5. The van der Waals surface area contributed by atoms with Crippen molar-refractivity contribution in [1.29, 1.82) is 5.41 Å². The molecular weight excluding hydrogens is 416 g/mol. The van der Waals surface area contributed by atoms with Gasteiger partial charge in [0.1, 0.15) is 18.1 Å². The van der Waals surface area contributed by atoms with Crippen LogP contribution < -0.4 is 14.2 Å². The van der Waals surface area contributed by atoms with Gasteiger partial charge in [-0.2, -0.15) is 0 Å². The van der Waals surface area contributed by atoms with Gasteiger partial charge in [-0.25, -0.2) is 5.06 Å². The zero-order valence-corrected chi connectivity index (χ0v) is 17.8. The molecule has 3 rings (SSSR count). The van der Waals surface area contributed by atoms with Crippen molar-refractivity contribution in [2.24, 2.45) is 0 Å². The molecule has 3 aromatic rings. The molecule has 0 aliphatic rings. The Morgan fingerprint density at radius 2 is 1.56 bits per heavy atom. The lowest BCUT2D eigenvalue weighted by Gasteiger charge is -2.19. The minimum atomic E-state index is -0.246. The third-order valence-corrected chi connectivity index (χ3v) is 4.82. The molecule has 5 N–H and O–H groups in total. The van der Waals surface area contributed by atoms with E-state index in [1.165, 1.54) is 45.5 Å². The Balaban J connectivity index is 2.05. The van der Waals surface area contributed by atoms with Gasteiger partial charge in [0.15, 0.2) is 28.8 Å². The Morgan fingerprint density at radius 1 is 0.906 bits per heavy atom. The van der Waals surface area contributed by atoms with Gasteiger partial charge in [-0.1, -0.05) is 18.2 Å². The Bertz CT molecular complexity index is 1130. The van der Waals surface area contributed by atoms with E-state index in [0.717, 1.165) is 0 Å². The van der Waals surface area contributed by atoms with Gasteiger partial charge in [-0.05, 0) is 41.5 Å². The summed E-state index contributed by atoms with van der Waals surface area (Å²) in [4.78, 5) is 0. The van der Waals surface area contributed by atoms with Gasteiger partial charge in [0.2, 0.25) is 0 Å². The van der Waals surface area contributed by atoms with Crippen LogP contribution in [0.5, 0.6) is 34.5 Å². The number of nitrogens with one attached hydrogen (secondary N) is 1. The van der Waals surface area contributed by atoms with Gasteiger partial charge in [0.25, 0.3) is 0 Å². The van der Waals surface area contributed by atoms with Gasteiger partial charge in [0, 0.05) is 12.6 Å². The van der Waals surface area contributed by atoms with Crippen LogP contribution >= 0.6 is 0 Å². The van der Waals surface area contributed by atoms with E-state index in [-0.39, 0.29) is 41.2 Å². The molecule has 0 heterocycles. The molecule has 0 atom stereocenters. The highest BCUT2D eigenvalue weighted by Gasteiger charge is 2.22. The van der Waals surface area contributed by atoms with Crippen LogP contribution in [0.4, 0.5) is 0 Å². The maximum Gasteiger partial charge on any atom is 0.170 e.